The van der Waals surface area contributed by atoms with Crippen LogP contribution in [0.4, 0.5) is 11.4 Å². The Bertz CT molecular complexity index is 838. The maximum absolute atomic E-state index is 11.8. The fourth-order valence-electron chi connectivity index (χ4n) is 1.78. The highest BCUT2D eigenvalue weighted by molar-refractivity contribution is 9.11. The van der Waals surface area contributed by atoms with Gasteiger partial charge in [-0.15, -0.1) is 0 Å². The SMILES string of the molecule is O=C(COc1ccc([N+](=O)[O-])cc1)NC(=S)Nc1cc(Br)c(O)c(Br)c1. The van der Waals surface area contributed by atoms with Gasteiger partial charge in [-0.1, -0.05) is 0 Å². The summed E-state index contributed by atoms with van der Waals surface area (Å²) in [6.07, 6.45) is 0. The fourth-order valence-corrected chi connectivity index (χ4v) is 3.19. The first-order chi connectivity index (χ1) is 12.3. The van der Waals surface area contributed by atoms with Crippen molar-refractivity contribution in [2.24, 2.45) is 0 Å². The molecule has 0 aromatic heterocycles. The van der Waals surface area contributed by atoms with E-state index in [0.29, 0.717) is 20.4 Å². The van der Waals surface area contributed by atoms with E-state index in [9.17, 15) is 20.0 Å². The van der Waals surface area contributed by atoms with Gasteiger partial charge < -0.3 is 15.2 Å². The molecule has 0 saturated heterocycles. The van der Waals surface area contributed by atoms with Gasteiger partial charge in [-0.2, -0.15) is 0 Å². The highest BCUT2D eigenvalue weighted by Crippen LogP contribution is 2.35. The van der Waals surface area contributed by atoms with Crippen LogP contribution >= 0.6 is 44.1 Å². The highest BCUT2D eigenvalue weighted by Gasteiger charge is 2.10. The predicted molar refractivity (Wildman–Crippen MR) is 106 cm³/mol. The Kier molecular flexibility index (Phi) is 6.89. The minimum absolute atomic E-state index is 0.0435. The lowest BCUT2D eigenvalue weighted by atomic mass is 10.3. The Morgan fingerprint density at radius 2 is 1.81 bits per heavy atom. The number of nitrogens with zero attached hydrogens (tertiary/aromatic N) is 1. The van der Waals surface area contributed by atoms with E-state index in [2.05, 4.69) is 42.5 Å². The number of nitro benzene ring substituents is 1. The van der Waals surface area contributed by atoms with E-state index in [0.717, 1.165) is 0 Å². The summed E-state index contributed by atoms with van der Waals surface area (Å²) in [7, 11) is 0. The topological polar surface area (TPSA) is 114 Å². The van der Waals surface area contributed by atoms with E-state index in [-0.39, 0.29) is 23.2 Å². The average molecular weight is 505 g/mol. The van der Waals surface area contributed by atoms with Gasteiger partial charge >= 0.3 is 0 Å². The van der Waals surface area contributed by atoms with Crippen LogP contribution in [0.5, 0.6) is 11.5 Å². The second kappa shape index (κ2) is 8.92. The molecular weight excluding hydrogens is 494 g/mol. The van der Waals surface area contributed by atoms with Crippen LogP contribution in [0.1, 0.15) is 0 Å². The van der Waals surface area contributed by atoms with E-state index >= 15 is 0 Å². The predicted octanol–water partition coefficient (Wildman–Crippen LogP) is 3.72. The Morgan fingerprint density at radius 1 is 1.23 bits per heavy atom. The van der Waals surface area contributed by atoms with Crippen molar-refractivity contribution in [2.45, 2.75) is 0 Å². The third-order valence-electron chi connectivity index (χ3n) is 2.95. The number of phenolic OH excluding ortho intramolecular Hbond substituents is 1. The summed E-state index contributed by atoms with van der Waals surface area (Å²) < 4.78 is 6.14. The van der Waals surface area contributed by atoms with Gasteiger partial charge in [0.25, 0.3) is 11.6 Å². The smallest absolute Gasteiger partial charge is 0.269 e. The Morgan fingerprint density at radius 3 is 2.35 bits per heavy atom. The average Bonchev–Trinajstić information content (AvgIpc) is 2.58. The number of ether oxygens (including phenoxy) is 1. The molecule has 11 heteroatoms. The highest BCUT2D eigenvalue weighted by atomic mass is 79.9. The van der Waals surface area contributed by atoms with Gasteiger partial charge in [0.2, 0.25) is 0 Å². The first kappa shape index (κ1) is 20.1. The number of anilines is 1. The van der Waals surface area contributed by atoms with Gasteiger partial charge in [0.1, 0.15) is 11.5 Å². The summed E-state index contributed by atoms with van der Waals surface area (Å²) in [6, 6.07) is 8.53. The molecule has 0 aliphatic rings. The van der Waals surface area contributed by atoms with Gasteiger partial charge in [0.05, 0.1) is 13.9 Å². The summed E-state index contributed by atoms with van der Waals surface area (Å²) >= 11 is 11.4. The number of rotatable bonds is 5. The zero-order valence-corrected chi connectivity index (χ0v) is 16.9. The molecule has 26 heavy (non-hydrogen) atoms. The number of carbonyl (C=O) groups is 1. The van der Waals surface area contributed by atoms with Gasteiger partial charge in [-0.05, 0) is 68.3 Å². The van der Waals surface area contributed by atoms with Crippen molar-refractivity contribution in [1.82, 2.24) is 5.32 Å². The molecule has 0 aliphatic carbocycles. The van der Waals surface area contributed by atoms with Crippen molar-refractivity contribution in [1.29, 1.82) is 0 Å². The first-order valence-corrected chi connectivity index (χ1v) is 8.92. The summed E-state index contributed by atoms with van der Waals surface area (Å²) in [5.74, 6) is -0.143. The van der Waals surface area contributed by atoms with Gasteiger partial charge in [-0.3, -0.25) is 20.2 Å². The van der Waals surface area contributed by atoms with Crippen LogP contribution in [-0.2, 0) is 4.79 Å². The minimum atomic E-state index is -0.527. The normalized spacial score (nSPS) is 10.1. The van der Waals surface area contributed by atoms with E-state index in [4.69, 9.17) is 17.0 Å². The lowest BCUT2D eigenvalue weighted by Gasteiger charge is -2.11. The van der Waals surface area contributed by atoms with Crippen molar-refractivity contribution in [3.63, 3.8) is 0 Å². The summed E-state index contributed by atoms with van der Waals surface area (Å²) in [5, 5.41) is 25.5. The minimum Gasteiger partial charge on any atom is -0.506 e. The number of thiocarbonyl (C=S) groups is 1. The van der Waals surface area contributed by atoms with E-state index in [1.54, 1.807) is 12.1 Å². The summed E-state index contributed by atoms with van der Waals surface area (Å²) in [5.41, 5.74) is 0.474. The molecule has 0 heterocycles. The summed E-state index contributed by atoms with van der Waals surface area (Å²) in [4.78, 5) is 21.9. The standard InChI is InChI=1S/C15H11Br2N3O5S/c16-11-5-8(6-12(17)14(11)22)18-15(26)19-13(21)7-25-10-3-1-9(2-4-10)20(23)24/h1-6,22H,7H2,(H2,18,19,21,26). The maximum Gasteiger partial charge on any atom is 0.269 e. The van der Waals surface area contributed by atoms with Crippen molar-refractivity contribution < 1.29 is 19.6 Å². The van der Waals surface area contributed by atoms with Crippen molar-refractivity contribution in [3.05, 3.63) is 55.5 Å². The number of hydrogen-bond donors (Lipinski definition) is 3. The van der Waals surface area contributed by atoms with E-state index in [1.807, 2.05) is 0 Å². The zero-order chi connectivity index (χ0) is 19.3. The molecular formula is C15H11Br2N3O5S. The Labute approximate surface area is 169 Å². The van der Waals surface area contributed by atoms with Crippen LogP contribution in [0.2, 0.25) is 0 Å². The molecule has 0 fully saturated rings. The third-order valence-corrected chi connectivity index (χ3v) is 4.36. The van der Waals surface area contributed by atoms with Gasteiger partial charge in [0.15, 0.2) is 11.7 Å². The largest absolute Gasteiger partial charge is 0.506 e. The number of carbonyl (C=O) groups excluding carboxylic acids is 1. The molecule has 0 atom stereocenters. The van der Waals surface area contributed by atoms with Crippen LogP contribution in [-0.4, -0.2) is 27.7 Å². The molecule has 136 valence electrons. The van der Waals surface area contributed by atoms with Crippen LogP contribution in [0.3, 0.4) is 0 Å². The lowest BCUT2D eigenvalue weighted by Crippen LogP contribution is -2.37. The molecule has 2 aromatic rings. The molecule has 0 radical (unpaired) electrons. The number of halogens is 2. The van der Waals surface area contributed by atoms with Crippen molar-refractivity contribution in [3.8, 4) is 11.5 Å². The number of phenols is 1. The number of hydrogen-bond acceptors (Lipinski definition) is 6. The maximum atomic E-state index is 11.8. The van der Waals surface area contributed by atoms with Crippen LogP contribution in [0.25, 0.3) is 0 Å². The number of amides is 1. The molecule has 1 amide bonds. The van der Waals surface area contributed by atoms with Gasteiger partial charge in [0, 0.05) is 17.8 Å². The second-order valence-electron chi connectivity index (χ2n) is 4.83. The number of nitrogens with one attached hydrogen (secondary N) is 2. The van der Waals surface area contributed by atoms with E-state index < -0.39 is 10.8 Å². The first-order valence-electron chi connectivity index (χ1n) is 6.92. The number of non-ortho nitro benzene ring substituents is 1. The quantitative estimate of drug-likeness (QED) is 0.246. The molecule has 0 unspecified atom stereocenters. The van der Waals surface area contributed by atoms with Crippen molar-refractivity contribution in [2.75, 3.05) is 11.9 Å². The molecule has 2 rings (SSSR count). The molecule has 0 aliphatic heterocycles. The summed E-state index contributed by atoms with van der Waals surface area (Å²) in [6.45, 7) is -0.317. The third kappa shape index (κ3) is 5.64. The van der Waals surface area contributed by atoms with Crippen LogP contribution < -0.4 is 15.4 Å². The Balaban J connectivity index is 1.85. The molecule has 0 bridgehead atoms. The van der Waals surface area contributed by atoms with Gasteiger partial charge in [-0.25, -0.2) is 0 Å². The Hall–Kier alpha value is -2.24. The van der Waals surface area contributed by atoms with E-state index in [1.165, 1.54) is 24.3 Å². The lowest BCUT2D eigenvalue weighted by molar-refractivity contribution is -0.384. The molecule has 3 N–H and O–H groups in total. The molecule has 8 nitrogen and oxygen atoms in total. The fraction of sp³-hybridized carbons (Fsp3) is 0.0667. The van der Waals surface area contributed by atoms with Crippen LogP contribution in [0, 0.1) is 10.1 Å². The van der Waals surface area contributed by atoms with Crippen molar-refractivity contribution >= 4 is 66.5 Å². The number of aromatic hydroxyl groups is 1. The molecule has 0 spiro atoms. The molecule has 2 aromatic carbocycles. The molecule has 0 saturated carbocycles. The zero-order valence-electron chi connectivity index (χ0n) is 12.9. The number of nitro groups is 1. The second-order valence-corrected chi connectivity index (χ2v) is 6.95. The van der Waals surface area contributed by atoms with Crippen LogP contribution in [0.15, 0.2) is 45.3 Å². The monoisotopic (exact) mass is 503 g/mol. The number of benzene rings is 2.